The second-order valence-corrected chi connectivity index (χ2v) is 4.68. The minimum atomic E-state index is -0.0952. The van der Waals surface area contributed by atoms with Crippen LogP contribution in [0, 0.1) is 5.92 Å². The molecule has 5 nitrogen and oxygen atoms in total. The van der Waals surface area contributed by atoms with Crippen molar-refractivity contribution >= 4 is 5.91 Å². The van der Waals surface area contributed by atoms with Gasteiger partial charge in [-0.05, 0) is 25.3 Å². The molecular formula is C12H24N2O3. The average molecular weight is 244 g/mol. The van der Waals surface area contributed by atoms with Gasteiger partial charge in [-0.15, -0.1) is 0 Å². The third kappa shape index (κ3) is 4.61. The Balaban J connectivity index is 2.50. The Kier molecular flexibility index (Phi) is 6.47. The summed E-state index contributed by atoms with van der Waals surface area (Å²) in [6, 6.07) is -0.0952. The standard InChI is InChI=1S/C12H24N2O3/c1-10-3-4-13-11(9-10)12(16)14(5-7-15)6-8-17-2/h10-11,13,15H,3-9H2,1-2H3. The molecule has 1 amide bonds. The maximum atomic E-state index is 12.2. The maximum absolute atomic E-state index is 12.2. The van der Waals surface area contributed by atoms with Gasteiger partial charge in [0, 0.05) is 20.2 Å². The molecule has 1 fully saturated rings. The van der Waals surface area contributed by atoms with Gasteiger partial charge in [-0.3, -0.25) is 4.79 Å². The van der Waals surface area contributed by atoms with Gasteiger partial charge >= 0.3 is 0 Å². The number of piperidine rings is 1. The molecule has 0 spiro atoms. The van der Waals surface area contributed by atoms with Crippen LogP contribution in [0.1, 0.15) is 19.8 Å². The van der Waals surface area contributed by atoms with Crippen LogP contribution < -0.4 is 5.32 Å². The first-order valence-corrected chi connectivity index (χ1v) is 6.31. The summed E-state index contributed by atoms with van der Waals surface area (Å²) in [7, 11) is 1.61. The molecule has 0 radical (unpaired) electrons. The largest absolute Gasteiger partial charge is 0.395 e. The van der Waals surface area contributed by atoms with E-state index in [2.05, 4.69) is 12.2 Å². The summed E-state index contributed by atoms with van der Waals surface area (Å²) in [6.07, 6.45) is 2.01. The van der Waals surface area contributed by atoms with E-state index in [0.29, 0.717) is 25.6 Å². The van der Waals surface area contributed by atoms with Gasteiger partial charge in [0.1, 0.15) is 0 Å². The van der Waals surface area contributed by atoms with Gasteiger partial charge in [-0.2, -0.15) is 0 Å². The molecule has 0 bridgehead atoms. The number of aliphatic hydroxyl groups is 1. The third-order valence-corrected chi connectivity index (χ3v) is 3.21. The summed E-state index contributed by atoms with van der Waals surface area (Å²) in [6.45, 7) is 4.50. The van der Waals surface area contributed by atoms with Gasteiger partial charge in [0.25, 0.3) is 0 Å². The van der Waals surface area contributed by atoms with Crippen molar-refractivity contribution in [3.05, 3.63) is 0 Å². The van der Waals surface area contributed by atoms with Crippen molar-refractivity contribution in [3.8, 4) is 0 Å². The van der Waals surface area contributed by atoms with E-state index >= 15 is 0 Å². The first kappa shape index (κ1) is 14.4. The average Bonchev–Trinajstić information content (AvgIpc) is 2.33. The van der Waals surface area contributed by atoms with Crippen LogP contribution in [0.5, 0.6) is 0 Å². The summed E-state index contributed by atoms with van der Waals surface area (Å²) in [5.74, 6) is 0.672. The molecule has 2 N–H and O–H groups in total. The van der Waals surface area contributed by atoms with Crippen LogP contribution in [0.2, 0.25) is 0 Å². The lowest BCUT2D eigenvalue weighted by Crippen LogP contribution is -2.51. The highest BCUT2D eigenvalue weighted by Crippen LogP contribution is 2.16. The Labute approximate surface area is 103 Å². The van der Waals surface area contributed by atoms with Crippen molar-refractivity contribution < 1.29 is 14.6 Å². The van der Waals surface area contributed by atoms with Crippen molar-refractivity contribution in [2.45, 2.75) is 25.8 Å². The highest BCUT2D eigenvalue weighted by atomic mass is 16.5. The smallest absolute Gasteiger partial charge is 0.239 e. The Morgan fingerprint density at radius 3 is 2.88 bits per heavy atom. The van der Waals surface area contributed by atoms with Crippen LogP contribution in [-0.2, 0) is 9.53 Å². The molecule has 0 saturated carbocycles. The van der Waals surface area contributed by atoms with Gasteiger partial charge in [-0.25, -0.2) is 0 Å². The van der Waals surface area contributed by atoms with Crippen molar-refractivity contribution in [3.63, 3.8) is 0 Å². The van der Waals surface area contributed by atoms with E-state index in [1.807, 2.05) is 0 Å². The Hall–Kier alpha value is -0.650. The molecule has 1 rings (SSSR count). The normalized spacial score (nSPS) is 24.6. The number of hydrogen-bond donors (Lipinski definition) is 2. The molecule has 0 aliphatic carbocycles. The quantitative estimate of drug-likeness (QED) is 0.682. The van der Waals surface area contributed by atoms with Crippen LogP contribution in [0.15, 0.2) is 0 Å². The number of rotatable bonds is 6. The van der Waals surface area contributed by atoms with Crippen molar-refractivity contribution in [1.82, 2.24) is 10.2 Å². The van der Waals surface area contributed by atoms with Gasteiger partial charge in [0.05, 0.1) is 19.3 Å². The zero-order valence-electron chi connectivity index (χ0n) is 10.8. The maximum Gasteiger partial charge on any atom is 0.239 e. The first-order valence-electron chi connectivity index (χ1n) is 6.31. The molecule has 2 unspecified atom stereocenters. The number of nitrogens with zero attached hydrogens (tertiary/aromatic N) is 1. The summed E-state index contributed by atoms with van der Waals surface area (Å²) in [5, 5.41) is 12.2. The minimum absolute atomic E-state index is 0.00225. The summed E-state index contributed by atoms with van der Waals surface area (Å²) in [4.78, 5) is 13.9. The van der Waals surface area contributed by atoms with Crippen LogP contribution in [0.3, 0.4) is 0 Å². The summed E-state index contributed by atoms with van der Waals surface area (Å²) < 4.78 is 4.98. The molecular weight excluding hydrogens is 220 g/mol. The molecule has 17 heavy (non-hydrogen) atoms. The second-order valence-electron chi connectivity index (χ2n) is 4.68. The van der Waals surface area contributed by atoms with Crippen LogP contribution >= 0.6 is 0 Å². The fourth-order valence-electron chi connectivity index (χ4n) is 2.17. The van der Waals surface area contributed by atoms with Crippen molar-refractivity contribution in [2.75, 3.05) is 40.0 Å². The third-order valence-electron chi connectivity index (χ3n) is 3.21. The molecule has 1 aliphatic rings. The Morgan fingerprint density at radius 1 is 1.53 bits per heavy atom. The summed E-state index contributed by atoms with van der Waals surface area (Å²) in [5.41, 5.74) is 0. The van der Waals surface area contributed by atoms with E-state index < -0.39 is 0 Å². The van der Waals surface area contributed by atoms with E-state index in [9.17, 15) is 4.79 Å². The molecule has 2 atom stereocenters. The molecule has 5 heteroatoms. The lowest BCUT2D eigenvalue weighted by atomic mass is 9.93. The number of nitrogens with one attached hydrogen (secondary N) is 1. The number of amides is 1. The Bertz CT molecular complexity index is 236. The minimum Gasteiger partial charge on any atom is -0.395 e. The number of aliphatic hydroxyl groups excluding tert-OH is 1. The number of carbonyl (C=O) groups is 1. The second kappa shape index (κ2) is 7.63. The fourth-order valence-corrected chi connectivity index (χ4v) is 2.17. The van der Waals surface area contributed by atoms with E-state index in [1.54, 1.807) is 12.0 Å². The zero-order valence-corrected chi connectivity index (χ0v) is 10.8. The van der Waals surface area contributed by atoms with Crippen molar-refractivity contribution in [2.24, 2.45) is 5.92 Å². The summed E-state index contributed by atoms with van der Waals surface area (Å²) >= 11 is 0. The topological polar surface area (TPSA) is 61.8 Å². The van der Waals surface area contributed by atoms with Gasteiger partial charge in [0.15, 0.2) is 0 Å². The SMILES string of the molecule is COCCN(CCO)C(=O)C1CC(C)CCN1. The highest BCUT2D eigenvalue weighted by Gasteiger charge is 2.27. The highest BCUT2D eigenvalue weighted by molar-refractivity contribution is 5.82. The molecule has 1 aliphatic heterocycles. The van der Waals surface area contributed by atoms with Gasteiger partial charge < -0.3 is 20.1 Å². The molecule has 1 heterocycles. The van der Waals surface area contributed by atoms with E-state index in [-0.39, 0.29) is 18.6 Å². The monoisotopic (exact) mass is 244 g/mol. The Morgan fingerprint density at radius 2 is 2.29 bits per heavy atom. The predicted octanol–water partition coefficient (Wildman–Crippen LogP) is -0.158. The van der Waals surface area contributed by atoms with Gasteiger partial charge in [-0.1, -0.05) is 6.92 Å². The number of hydrogen-bond acceptors (Lipinski definition) is 4. The predicted molar refractivity (Wildman–Crippen MR) is 65.7 cm³/mol. The fraction of sp³-hybridized carbons (Fsp3) is 0.917. The first-order chi connectivity index (χ1) is 8.19. The molecule has 0 aromatic carbocycles. The molecule has 0 aromatic rings. The van der Waals surface area contributed by atoms with E-state index in [1.165, 1.54) is 0 Å². The van der Waals surface area contributed by atoms with Gasteiger partial charge in [0.2, 0.25) is 5.91 Å². The molecule has 100 valence electrons. The van der Waals surface area contributed by atoms with Crippen molar-refractivity contribution in [1.29, 1.82) is 0 Å². The molecule has 1 saturated heterocycles. The lowest BCUT2D eigenvalue weighted by Gasteiger charge is -2.32. The number of carbonyl (C=O) groups excluding carboxylic acids is 1. The van der Waals surface area contributed by atoms with Crippen LogP contribution in [-0.4, -0.2) is 61.9 Å². The van der Waals surface area contributed by atoms with E-state index in [4.69, 9.17) is 9.84 Å². The van der Waals surface area contributed by atoms with Crippen LogP contribution in [0.4, 0.5) is 0 Å². The van der Waals surface area contributed by atoms with E-state index in [0.717, 1.165) is 19.4 Å². The number of methoxy groups -OCH3 is 1. The molecule has 0 aromatic heterocycles. The lowest BCUT2D eigenvalue weighted by molar-refractivity contribution is -0.135. The zero-order chi connectivity index (χ0) is 12.7. The number of ether oxygens (including phenoxy) is 1. The van der Waals surface area contributed by atoms with Crippen LogP contribution in [0.25, 0.3) is 0 Å².